The molecule has 0 spiro atoms. The van der Waals surface area contributed by atoms with E-state index in [0.717, 1.165) is 0 Å². The van der Waals surface area contributed by atoms with E-state index < -0.39 is 34.2 Å². The minimum absolute atomic E-state index is 0.164. The summed E-state index contributed by atoms with van der Waals surface area (Å²) < 4.78 is 11.3. The van der Waals surface area contributed by atoms with Crippen molar-refractivity contribution in [2.24, 2.45) is 22.7 Å². The molecule has 5 heteroatoms. The van der Waals surface area contributed by atoms with Crippen molar-refractivity contribution in [1.29, 1.82) is 0 Å². The van der Waals surface area contributed by atoms with Crippen molar-refractivity contribution in [3.05, 3.63) is 0 Å². The SMILES string of the molecule is COC(C)(C)CCOC(C)(C)C(=O)C(C(C(=O)O)C(C)(C)C)C(C)(C)C. The number of hydrogen-bond donors (Lipinski definition) is 1. The van der Waals surface area contributed by atoms with Gasteiger partial charge in [-0.25, -0.2) is 0 Å². The molecule has 0 aliphatic heterocycles. The normalized spacial score (nSPS) is 16.3. The quantitative estimate of drug-likeness (QED) is 0.641. The number of ether oxygens (including phenoxy) is 2. The Balaban J connectivity index is 5.64. The van der Waals surface area contributed by atoms with Gasteiger partial charge in [0.15, 0.2) is 5.78 Å². The van der Waals surface area contributed by atoms with Gasteiger partial charge in [0, 0.05) is 13.0 Å². The first-order chi connectivity index (χ1) is 11.4. The summed E-state index contributed by atoms with van der Waals surface area (Å²) in [6.07, 6.45) is 0.641. The van der Waals surface area contributed by atoms with Gasteiger partial charge in [-0.05, 0) is 44.9 Å². The molecule has 0 aromatic rings. The summed E-state index contributed by atoms with van der Waals surface area (Å²) in [6.45, 7) is 19.1. The zero-order valence-electron chi connectivity index (χ0n) is 18.6. The third kappa shape index (κ3) is 6.99. The number of rotatable bonds is 9. The highest BCUT2D eigenvalue weighted by molar-refractivity contribution is 5.93. The molecule has 0 radical (unpaired) electrons. The van der Waals surface area contributed by atoms with Crippen LogP contribution in [0.15, 0.2) is 0 Å². The van der Waals surface area contributed by atoms with Gasteiger partial charge in [-0.1, -0.05) is 41.5 Å². The van der Waals surface area contributed by atoms with Crippen molar-refractivity contribution in [3.8, 4) is 0 Å². The summed E-state index contributed by atoms with van der Waals surface area (Å²) in [5.74, 6) is -2.57. The summed E-state index contributed by atoms with van der Waals surface area (Å²) in [5, 5.41) is 9.86. The second-order valence-corrected chi connectivity index (χ2v) is 10.5. The molecule has 0 fully saturated rings. The third-order valence-electron chi connectivity index (χ3n) is 5.06. The zero-order valence-corrected chi connectivity index (χ0v) is 18.6. The molecule has 154 valence electrons. The van der Waals surface area contributed by atoms with Gasteiger partial charge in [-0.15, -0.1) is 0 Å². The number of carbonyl (C=O) groups is 2. The highest BCUT2D eigenvalue weighted by Crippen LogP contribution is 2.44. The van der Waals surface area contributed by atoms with Gasteiger partial charge in [0.05, 0.1) is 18.1 Å². The molecule has 2 atom stereocenters. The fourth-order valence-corrected chi connectivity index (χ4v) is 3.16. The molecule has 0 aromatic heterocycles. The van der Waals surface area contributed by atoms with E-state index in [0.29, 0.717) is 13.0 Å². The Hall–Kier alpha value is -0.940. The van der Waals surface area contributed by atoms with Gasteiger partial charge in [0.1, 0.15) is 5.60 Å². The van der Waals surface area contributed by atoms with Crippen molar-refractivity contribution in [1.82, 2.24) is 0 Å². The van der Waals surface area contributed by atoms with Crippen LogP contribution >= 0.6 is 0 Å². The summed E-state index contributed by atoms with van der Waals surface area (Å²) in [5.41, 5.74) is -2.45. The van der Waals surface area contributed by atoms with E-state index in [1.807, 2.05) is 55.4 Å². The lowest BCUT2D eigenvalue weighted by Crippen LogP contribution is -2.52. The molecule has 0 amide bonds. The smallest absolute Gasteiger partial charge is 0.307 e. The van der Waals surface area contributed by atoms with Gasteiger partial charge in [-0.3, -0.25) is 9.59 Å². The van der Waals surface area contributed by atoms with Gasteiger partial charge in [-0.2, -0.15) is 0 Å². The molecule has 5 nitrogen and oxygen atoms in total. The number of carbonyl (C=O) groups excluding carboxylic acids is 1. The standard InChI is InChI=1S/C21H40O5/c1-18(2,3)14(15(17(23)24)19(4,5)6)16(22)21(9,10)26-13-12-20(7,8)25-11/h14-15H,12-13H2,1-11H3,(H,23,24). The van der Waals surface area contributed by atoms with Crippen LogP contribution in [0.1, 0.15) is 75.7 Å². The largest absolute Gasteiger partial charge is 0.481 e. The van der Waals surface area contributed by atoms with Gasteiger partial charge < -0.3 is 14.6 Å². The van der Waals surface area contributed by atoms with Crippen LogP contribution in [0.4, 0.5) is 0 Å². The monoisotopic (exact) mass is 372 g/mol. The van der Waals surface area contributed by atoms with E-state index in [2.05, 4.69) is 0 Å². The van der Waals surface area contributed by atoms with E-state index in [9.17, 15) is 14.7 Å². The van der Waals surface area contributed by atoms with Gasteiger partial charge in [0.2, 0.25) is 0 Å². The molecular formula is C21H40O5. The van der Waals surface area contributed by atoms with Crippen LogP contribution in [0.5, 0.6) is 0 Å². The van der Waals surface area contributed by atoms with Crippen molar-refractivity contribution < 1.29 is 24.2 Å². The van der Waals surface area contributed by atoms with E-state index in [-0.39, 0.29) is 11.4 Å². The molecule has 26 heavy (non-hydrogen) atoms. The van der Waals surface area contributed by atoms with Crippen molar-refractivity contribution in [2.45, 2.75) is 86.9 Å². The maximum Gasteiger partial charge on any atom is 0.307 e. The van der Waals surface area contributed by atoms with Crippen molar-refractivity contribution >= 4 is 11.8 Å². The third-order valence-corrected chi connectivity index (χ3v) is 5.06. The zero-order chi connectivity index (χ0) is 21.1. The van der Waals surface area contributed by atoms with E-state index in [1.54, 1.807) is 21.0 Å². The minimum atomic E-state index is -1.07. The predicted molar refractivity (Wildman–Crippen MR) is 104 cm³/mol. The number of ketones is 1. The molecule has 0 heterocycles. The highest BCUT2D eigenvalue weighted by Gasteiger charge is 2.51. The molecule has 0 aromatic carbocycles. The lowest BCUT2D eigenvalue weighted by molar-refractivity contribution is -0.165. The maximum absolute atomic E-state index is 13.4. The summed E-state index contributed by atoms with van der Waals surface area (Å²) in [7, 11) is 1.65. The molecule has 2 unspecified atom stereocenters. The van der Waals surface area contributed by atoms with Crippen LogP contribution in [0, 0.1) is 22.7 Å². The molecular weight excluding hydrogens is 332 g/mol. The van der Waals surface area contributed by atoms with Crippen LogP contribution in [0.25, 0.3) is 0 Å². The molecule has 0 rings (SSSR count). The molecule has 0 saturated carbocycles. The Labute approximate surface area is 159 Å². The van der Waals surface area contributed by atoms with E-state index in [4.69, 9.17) is 9.47 Å². The van der Waals surface area contributed by atoms with Crippen LogP contribution in [-0.4, -0.2) is 41.8 Å². The lowest BCUT2D eigenvalue weighted by atomic mass is 9.61. The second kappa shape index (κ2) is 8.39. The first kappa shape index (κ1) is 25.1. The Bertz CT molecular complexity index is 492. The maximum atomic E-state index is 13.4. The average molecular weight is 373 g/mol. The Morgan fingerprint density at radius 3 is 1.58 bits per heavy atom. The lowest BCUT2D eigenvalue weighted by Gasteiger charge is -2.43. The van der Waals surface area contributed by atoms with Gasteiger partial charge in [0.25, 0.3) is 0 Å². The fraction of sp³-hybridized carbons (Fsp3) is 0.905. The number of hydrogen-bond acceptors (Lipinski definition) is 4. The van der Waals surface area contributed by atoms with E-state index in [1.165, 1.54) is 0 Å². The Kier molecular flexibility index (Phi) is 8.08. The predicted octanol–water partition coefficient (Wildman–Crippen LogP) is 4.58. The van der Waals surface area contributed by atoms with E-state index >= 15 is 0 Å². The number of carboxylic acid groups (broad SMARTS) is 1. The number of methoxy groups -OCH3 is 1. The number of Topliss-reactive ketones (excluding diaryl/α,β-unsaturated/α-hetero) is 1. The molecule has 0 aliphatic carbocycles. The summed E-state index contributed by atoms with van der Waals surface area (Å²) in [4.78, 5) is 25.5. The van der Waals surface area contributed by atoms with Crippen LogP contribution in [0.2, 0.25) is 0 Å². The van der Waals surface area contributed by atoms with Crippen molar-refractivity contribution in [2.75, 3.05) is 13.7 Å². The highest BCUT2D eigenvalue weighted by atomic mass is 16.5. The van der Waals surface area contributed by atoms with Crippen LogP contribution < -0.4 is 0 Å². The summed E-state index contributed by atoms with van der Waals surface area (Å²) >= 11 is 0. The fourth-order valence-electron chi connectivity index (χ4n) is 3.16. The second-order valence-electron chi connectivity index (χ2n) is 10.5. The Morgan fingerprint density at radius 1 is 0.846 bits per heavy atom. The number of aliphatic carboxylic acids is 1. The van der Waals surface area contributed by atoms with Crippen LogP contribution in [-0.2, 0) is 19.1 Å². The molecule has 0 bridgehead atoms. The Morgan fingerprint density at radius 2 is 1.27 bits per heavy atom. The molecule has 1 N–H and O–H groups in total. The average Bonchev–Trinajstić information content (AvgIpc) is 2.40. The van der Waals surface area contributed by atoms with Crippen LogP contribution in [0.3, 0.4) is 0 Å². The minimum Gasteiger partial charge on any atom is -0.481 e. The summed E-state index contributed by atoms with van der Waals surface area (Å²) in [6, 6.07) is 0. The number of carboxylic acids is 1. The molecule has 0 saturated heterocycles. The first-order valence-electron chi connectivity index (χ1n) is 9.33. The molecule has 0 aliphatic rings. The van der Waals surface area contributed by atoms with Crippen molar-refractivity contribution in [3.63, 3.8) is 0 Å². The topological polar surface area (TPSA) is 72.8 Å². The first-order valence-corrected chi connectivity index (χ1v) is 9.33. The van der Waals surface area contributed by atoms with Gasteiger partial charge >= 0.3 is 5.97 Å².